The second kappa shape index (κ2) is 7.15. The number of carbonyl (C=O) groups is 1. The van der Waals surface area contributed by atoms with Crippen molar-refractivity contribution in [3.63, 3.8) is 0 Å². The van der Waals surface area contributed by atoms with E-state index in [0.29, 0.717) is 18.5 Å². The topological polar surface area (TPSA) is 40.5 Å². The van der Waals surface area contributed by atoms with Crippen LogP contribution in [0.15, 0.2) is 0 Å². The van der Waals surface area contributed by atoms with Crippen molar-refractivity contribution in [2.24, 2.45) is 5.92 Å². The number of nitrogens with zero attached hydrogens (tertiary/aromatic N) is 1. The lowest BCUT2D eigenvalue weighted by Crippen LogP contribution is -2.34. The third-order valence-electron chi connectivity index (χ3n) is 2.34. The van der Waals surface area contributed by atoms with Crippen molar-refractivity contribution in [1.29, 1.82) is 0 Å². The summed E-state index contributed by atoms with van der Waals surface area (Å²) < 4.78 is 0. The van der Waals surface area contributed by atoms with Gasteiger partial charge in [0.1, 0.15) is 0 Å². The molecule has 0 aromatic heterocycles. The summed E-state index contributed by atoms with van der Waals surface area (Å²) in [7, 11) is 1.97. The van der Waals surface area contributed by atoms with Gasteiger partial charge in [0, 0.05) is 12.6 Å². The van der Waals surface area contributed by atoms with Gasteiger partial charge in [0.05, 0.1) is 6.42 Å². The van der Waals surface area contributed by atoms with Crippen LogP contribution in [0.4, 0.5) is 0 Å². The van der Waals surface area contributed by atoms with Crippen LogP contribution >= 0.6 is 12.4 Å². The third kappa shape index (κ3) is 6.84. The highest BCUT2D eigenvalue weighted by Gasteiger charge is 2.13. The minimum atomic E-state index is -0.724. The smallest absolute Gasteiger partial charge is 0.304 e. The van der Waals surface area contributed by atoms with E-state index in [9.17, 15) is 4.79 Å². The van der Waals surface area contributed by atoms with E-state index in [4.69, 9.17) is 5.11 Å². The number of hydrogen-bond acceptors (Lipinski definition) is 2. The lowest BCUT2D eigenvalue weighted by molar-refractivity contribution is -0.137. The molecule has 1 unspecified atom stereocenters. The largest absolute Gasteiger partial charge is 0.481 e. The van der Waals surface area contributed by atoms with E-state index in [1.807, 2.05) is 7.05 Å². The van der Waals surface area contributed by atoms with Crippen LogP contribution in [0.1, 0.15) is 27.2 Å². The van der Waals surface area contributed by atoms with Crippen LogP contribution in [0, 0.1) is 5.92 Å². The molecule has 0 radical (unpaired) electrons. The number of hydrogen-bond donors (Lipinski definition) is 1. The Kier molecular flexibility index (Phi) is 8.37. The molecule has 4 heteroatoms. The van der Waals surface area contributed by atoms with Crippen molar-refractivity contribution in [2.45, 2.75) is 33.2 Å². The first-order valence-electron chi connectivity index (χ1n) is 4.37. The van der Waals surface area contributed by atoms with Gasteiger partial charge in [-0.1, -0.05) is 13.8 Å². The Balaban J connectivity index is 0. The molecule has 0 aliphatic carbocycles. The highest BCUT2D eigenvalue weighted by atomic mass is 35.5. The molecule has 13 heavy (non-hydrogen) atoms. The highest BCUT2D eigenvalue weighted by molar-refractivity contribution is 5.85. The quantitative estimate of drug-likeness (QED) is 0.752. The van der Waals surface area contributed by atoms with E-state index in [-0.39, 0.29) is 18.8 Å². The SMILES string of the molecule is CC(C)C(C)N(C)CCC(=O)O.Cl. The number of aliphatic carboxylic acids is 1. The number of carboxylic acids is 1. The minimum absolute atomic E-state index is 0. The van der Waals surface area contributed by atoms with E-state index in [1.54, 1.807) is 0 Å². The summed E-state index contributed by atoms with van der Waals surface area (Å²) in [5, 5.41) is 8.46. The molecule has 0 heterocycles. The summed E-state index contributed by atoms with van der Waals surface area (Å²) in [5.74, 6) is -0.151. The van der Waals surface area contributed by atoms with Gasteiger partial charge in [-0.3, -0.25) is 4.79 Å². The maximum absolute atomic E-state index is 10.3. The first-order valence-corrected chi connectivity index (χ1v) is 4.37. The van der Waals surface area contributed by atoms with Crippen molar-refractivity contribution in [3.8, 4) is 0 Å². The van der Waals surface area contributed by atoms with Gasteiger partial charge in [0.25, 0.3) is 0 Å². The Morgan fingerprint density at radius 1 is 1.38 bits per heavy atom. The molecule has 0 bridgehead atoms. The monoisotopic (exact) mass is 209 g/mol. The van der Waals surface area contributed by atoms with Crippen LogP contribution in [-0.2, 0) is 4.79 Å². The molecule has 80 valence electrons. The molecule has 0 rings (SSSR count). The van der Waals surface area contributed by atoms with Crippen LogP contribution in [0.5, 0.6) is 0 Å². The second-order valence-electron chi connectivity index (χ2n) is 3.61. The van der Waals surface area contributed by atoms with Crippen molar-refractivity contribution in [1.82, 2.24) is 4.90 Å². The van der Waals surface area contributed by atoms with Gasteiger partial charge in [0.15, 0.2) is 0 Å². The van der Waals surface area contributed by atoms with Gasteiger partial charge in [0.2, 0.25) is 0 Å². The lowest BCUT2D eigenvalue weighted by atomic mass is 10.1. The molecule has 0 aromatic rings. The van der Waals surface area contributed by atoms with Crippen molar-refractivity contribution in [2.75, 3.05) is 13.6 Å². The summed E-state index contributed by atoms with van der Waals surface area (Å²) in [6, 6.07) is 0.448. The molecule has 1 atom stereocenters. The molecule has 0 aliphatic heterocycles. The van der Waals surface area contributed by atoms with Crippen LogP contribution in [0.3, 0.4) is 0 Å². The average molecular weight is 210 g/mol. The first-order chi connectivity index (χ1) is 5.45. The van der Waals surface area contributed by atoms with Gasteiger partial charge >= 0.3 is 5.97 Å². The highest BCUT2D eigenvalue weighted by Crippen LogP contribution is 2.07. The summed E-state index contributed by atoms with van der Waals surface area (Å²) in [6.07, 6.45) is 0.230. The van der Waals surface area contributed by atoms with Gasteiger partial charge < -0.3 is 10.0 Å². The maximum Gasteiger partial charge on any atom is 0.304 e. The maximum atomic E-state index is 10.3. The summed E-state index contributed by atoms with van der Waals surface area (Å²) in [5.41, 5.74) is 0. The van der Waals surface area contributed by atoms with Crippen LogP contribution < -0.4 is 0 Å². The minimum Gasteiger partial charge on any atom is -0.481 e. The fraction of sp³-hybridized carbons (Fsp3) is 0.889. The first kappa shape index (κ1) is 15.2. The second-order valence-corrected chi connectivity index (χ2v) is 3.61. The van der Waals surface area contributed by atoms with Gasteiger partial charge in [-0.25, -0.2) is 0 Å². The Labute approximate surface area is 86.5 Å². The average Bonchev–Trinajstić information content (AvgIpc) is 1.98. The van der Waals surface area contributed by atoms with Crippen molar-refractivity contribution >= 4 is 18.4 Å². The third-order valence-corrected chi connectivity index (χ3v) is 2.34. The standard InChI is InChI=1S/C9H19NO2.ClH/c1-7(2)8(3)10(4)6-5-9(11)12;/h7-8H,5-6H2,1-4H3,(H,11,12);1H. The molecular weight excluding hydrogens is 190 g/mol. The number of carboxylic acid groups (broad SMARTS) is 1. The van der Waals surface area contributed by atoms with Gasteiger partial charge in [-0.2, -0.15) is 0 Å². The molecule has 3 nitrogen and oxygen atoms in total. The van der Waals surface area contributed by atoms with E-state index in [2.05, 4.69) is 25.7 Å². The number of halogens is 1. The molecule has 0 aromatic carbocycles. The number of rotatable bonds is 5. The predicted molar refractivity (Wildman–Crippen MR) is 56.4 cm³/mol. The van der Waals surface area contributed by atoms with Crippen LogP contribution in [0.25, 0.3) is 0 Å². The Morgan fingerprint density at radius 2 is 1.85 bits per heavy atom. The Bertz CT molecular complexity index is 151. The molecule has 0 saturated carbocycles. The summed E-state index contributed by atoms with van der Waals surface area (Å²) >= 11 is 0. The van der Waals surface area contributed by atoms with Crippen molar-refractivity contribution in [3.05, 3.63) is 0 Å². The van der Waals surface area contributed by atoms with Gasteiger partial charge in [-0.15, -0.1) is 12.4 Å². The molecule has 1 N–H and O–H groups in total. The molecule has 0 saturated heterocycles. The normalized spacial score (nSPS) is 12.8. The van der Waals surface area contributed by atoms with E-state index >= 15 is 0 Å². The summed E-state index contributed by atoms with van der Waals surface area (Å²) in [6.45, 7) is 7.03. The van der Waals surface area contributed by atoms with Crippen LogP contribution in [-0.4, -0.2) is 35.6 Å². The molecule has 0 aliphatic rings. The van der Waals surface area contributed by atoms with Crippen molar-refractivity contribution < 1.29 is 9.90 Å². The zero-order chi connectivity index (χ0) is 9.72. The van der Waals surface area contributed by atoms with E-state index in [1.165, 1.54) is 0 Å². The fourth-order valence-electron chi connectivity index (χ4n) is 0.985. The zero-order valence-corrected chi connectivity index (χ0v) is 9.60. The Morgan fingerprint density at radius 3 is 2.15 bits per heavy atom. The van der Waals surface area contributed by atoms with E-state index in [0.717, 1.165) is 0 Å². The lowest BCUT2D eigenvalue weighted by Gasteiger charge is -2.27. The molecule has 0 fully saturated rings. The Hall–Kier alpha value is -0.280. The molecule has 0 amide bonds. The zero-order valence-electron chi connectivity index (χ0n) is 8.78. The fourth-order valence-corrected chi connectivity index (χ4v) is 0.985. The predicted octanol–water partition coefficient (Wildman–Crippen LogP) is 1.86. The summed E-state index contributed by atoms with van der Waals surface area (Å²) in [4.78, 5) is 12.4. The van der Waals surface area contributed by atoms with Gasteiger partial charge in [-0.05, 0) is 19.9 Å². The molecule has 0 spiro atoms. The van der Waals surface area contributed by atoms with Crippen LogP contribution in [0.2, 0.25) is 0 Å². The molecular formula is C9H20ClNO2. The van der Waals surface area contributed by atoms with E-state index < -0.39 is 5.97 Å².